The first-order chi connectivity index (χ1) is 12.7. The third kappa shape index (κ3) is 6.42. The summed E-state index contributed by atoms with van der Waals surface area (Å²) in [6.07, 6.45) is 0.550. The minimum absolute atomic E-state index is 0.0232. The number of urea groups is 1. The summed E-state index contributed by atoms with van der Waals surface area (Å²) in [6.45, 7) is 4.19. The van der Waals surface area contributed by atoms with Gasteiger partial charge in [0, 0.05) is 11.6 Å². The van der Waals surface area contributed by atoms with Gasteiger partial charge < -0.3 is 15.4 Å². The molecule has 0 heterocycles. The summed E-state index contributed by atoms with van der Waals surface area (Å²) in [5.74, 6) is 0.629. The van der Waals surface area contributed by atoms with Crippen molar-refractivity contribution in [3.8, 4) is 5.75 Å². The van der Waals surface area contributed by atoms with Gasteiger partial charge in [-0.1, -0.05) is 23.7 Å². The number of primary sulfonamides is 1. The van der Waals surface area contributed by atoms with E-state index in [0.717, 1.165) is 16.7 Å². The van der Waals surface area contributed by atoms with Crippen LogP contribution in [-0.2, 0) is 16.4 Å². The van der Waals surface area contributed by atoms with Crippen molar-refractivity contribution in [3.05, 3.63) is 58.1 Å². The molecule has 4 N–H and O–H groups in total. The fourth-order valence-corrected chi connectivity index (χ4v) is 3.03. The number of hydrogen-bond acceptors (Lipinski definition) is 4. The number of halogens is 1. The molecule has 0 fully saturated rings. The normalized spacial score (nSPS) is 11.1. The zero-order chi connectivity index (χ0) is 20.0. The Morgan fingerprint density at radius 1 is 1.11 bits per heavy atom. The number of nitrogens with one attached hydrogen (secondary N) is 2. The maximum Gasteiger partial charge on any atom is 0.317 e. The van der Waals surface area contributed by atoms with E-state index >= 15 is 0 Å². The maximum absolute atomic E-state index is 11.8. The molecule has 0 atom stereocenters. The van der Waals surface area contributed by atoms with Gasteiger partial charge in [-0.05, 0) is 61.2 Å². The van der Waals surface area contributed by atoms with Crippen molar-refractivity contribution in [2.24, 2.45) is 5.14 Å². The highest BCUT2D eigenvalue weighted by atomic mass is 35.5. The van der Waals surface area contributed by atoms with Gasteiger partial charge in [-0.2, -0.15) is 0 Å². The number of carbonyl (C=O) groups excluding carboxylic acids is 1. The molecule has 27 heavy (non-hydrogen) atoms. The summed E-state index contributed by atoms with van der Waals surface area (Å²) in [4.78, 5) is 11.8. The van der Waals surface area contributed by atoms with E-state index in [-0.39, 0.29) is 17.7 Å². The van der Waals surface area contributed by atoms with E-state index in [1.807, 2.05) is 13.8 Å². The summed E-state index contributed by atoms with van der Waals surface area (Å²) in [7, 11) is -3.70. The number of aryl methyl sites for hydroxylation is 2. The van der Waals surface area contributed by atoms with Gasteiger partial charge in [0.05, 0.1) is 4.90 Å². The van der Waals surface area contributed by atoms with Gasteiger partial charge >= 0.3 is 6.03 Å². The van der Waals surface area contributed by atoms with Crippen molar-refractivity contribution < 1.29 is 17.9 Å². The smallest absolute Gasteiger partial charge is 0.317 e. The minimum atomic E-state index is -3.70. The second-order valence-corrected chi connectivity index (χ2v) is 7.97. The zero-order valence-electron chi connectivity index (χ0n) is 15.1. The molecule has 0 unspecified atom stereocenters. The number of sulfonamides is 1. The first-order valence-electron chi connectivity index (χ1n) is 8.20. The molecule has 146 valence electrons. The van der Waals surface area contributed by atoms with Gasteiger partial charge in [0.25, 0.3) is 0 Å². The second-order valence-electron chi connectivity index (χ2n) is 6.03. The minimum Gasteiger partial charge on any atom is -0.473 e. The molecule has 0 aromatic heterocycles. The largest absolute Gasteiger partial charge is 0.473 e. The van der Waals surface area contributed by atoms with E-state index in [4.69, 9.17) is 21.5 Å². The van der Waals surface area contributed by atoms with E-state index in [1.54, 1.807) is 24.3 Å². The highest BCUT2D eigenvalue weighted by molar-refractivity contribution is 7.89. The molecule has 0 aliphatic rings. The Morgan fingerprint density at radius 2 is 1.70 bits per heavy atom. The van der Waals surface area contributed by atoms with Gasteiger partial charge in [-0.3, -0.25) is 0 Å². The number of rotatable bonds is 7. The average molecular weight is 412 g/mol. The molecule has 0 saturated heterocycles. The second kappa shape index (κ2) is 9.07. The summed E-state index contributed by atoms with van der Waals surface area (Å²) in [6, 6.07) is 9.45. The van der Waals surface area contributed by atoms with Crippen LogP contribution in [0.2, 0.25) is 5.02 Å². The van der Waals surface area contributed by atoms with Crippen LogP contribution in [0.4, 0.5) is 4.79 Å². The summed E-state index contributed by atoms with van der Waals surface area (Å²) in [5, 5.41) is 11.0. The van der Waals surface area contributed by atoms with E-state index in [9.17, 15) is 13.2 Å². The number of carbonyl (C=O) groups is 1. The van der Waals surface area contributed by atoms with E-state index in [0.29, 0.717) is 23.7 Å². The molecule has 0 bridgehead atoms. The number of nitrogens with two attached hydrogens (primary N) is 1. The fraction of sp³-hybridized carbons (Fsp3) is 0.278. The van der Waals surface area contributed by atoms with Crippen LogP contribution >= 0.6 is 11.6 Å². The quantitative estimate of drug-likeness (QED) is 0.608. The number of amides is 2. The van der Waals surface area contributed by atoms with Gasteiger partial charge in [-0.25, -0.2) is 18.4 Å². The van der Waals surface area contributed by atoms with Crippen molar-refractivity contribution in [2.45, 2.75) is 25.2 Å². The Labute approximate surface area is 163 Å². The van der Waals surface area contributed by atoms with Gasteiger partial charge in [0.2, 0.25) is 10.0 Å². The number of ether oxygens (including phenoxy) is 1. The van der Waals surface area contributed by atoms with Crippen LogP contribution in [0.15, 0.2) is 41.3 Å². The molecular weight excluding hydrogens is 390 g/mol. The van der Waals surface area contributed by atoms with Crippen molar-refractivity contribution in [2.75, 3.05) is 13.3 Å². The maximum atomic E-state index is 11.8. The Bertz CT molecular complexity index is 892. The van der Waals surface area contributed by atoms with Crippen molar-refractivity contribution in [3.63, 3.8) is 0 Å². The van der Waals surface area contributed by atoms with E-state index in [2.05, 4.69) is 10.6 Å². The summed E-state index contributed by atoms with van der Waals surface area (Å²) >= 11 is 6.10. The standard InChI is InChI=1S/C18H22ClN3O4S/c1-12-9-15(10-13(2)17(12)19)26-11-22-18(23)21-8-7-14-3-5-16(6-4-14)27(20,24)25/h3-6,9-10H,7-8,11H2,1-2H3,(H2,20,24,25)(H2,21,22,23). The Hall–Kier alpha value is -2.29. The van der Waals surface area contributed by atoms with Crippen LogP contribution in [0, 0.1) is 13.8 Å². The van der Waals surface area contributed by atoms with Crippen molar-refractivity contribution >= 4 is 27.7 Å². The molecular formula is C18H22ClN3O4S. The van der Waals surface area contributed by atoms with Gasteiger partial charge in [0.1, 0.15) is 5.75 Å². The molecule has 9 heteroatoms. The highest BCUT2D eigenvalue weighted by Gasteiger charge is 2.07. The Balaban J connectivity index is 1.72. The van der Waals surface area contributed by atoms with Crippen molar-refractivity contribution in [1.82, 2.24) is 10.6 Å². The topological polar surface area (TPSA) is 111 Å². The lowest BCUT2D eigenvalue weighted by Gasteiger charge is -2.11. The summed E-state index contributed by atoms with van der Waals surface area (Å²) < 4.78 is 27.9. The molecule has 7 nitrogen and oxygen atoms in total. The highest BCUT2D eigenvalue weighted by Crippen LogP contribution is 2.25. The number of hydrogen-bond donors (Lipinski definition) is 3. The predicted molar refractivity (Wildman–Crippen MR) is 104 cm³/mol. The average Bonchev–Trinajstić information content (AvgIpc) is 2.59. The van der Waals surface area contributed by atoms with Crippen LogP contribution in [0.3, 0.4) is 0 Å². The molecule has 0 saturated carbocycles. The lowest BCUT2D eigenvalue weighted by Crippen LogP contribution is -2.38. The van der Waals surface area contributed by atoms with Crippen molar-refractivity contribution in [1.29, 1.82) is 0 Å². The molecule has 0 aliphatic heterocycles. The third-order valence-corrected chi connectivity index (χ3v) is 5.36. The molecule has 2 aromatic carbocycles. The molecule has 2 rings (SSSR count). The lowest BCUT2D eigenvalue weighted by molar-refractivity contribution is 0.224. The van der Waals surface area contributed by atoms with E-state index < -0.39 is 10.0 Å². The Morgan fingerprint density at radius 3 is 2.26 bits per heavy atom. The zero-order valence-corrected chi connectivity index (χ0v) is 16.7. The lowest BCUT2D eigenvalue weighted by atomic mass is 10.1. The number of benzene rings is 2. The monoisotopic (exact) mass is 411 g/mol. The molecule has 0 radical (unpaired) electrons. The van der Waals surface area contributed by atoms with Crippen LogP contribution in [0.5, 0.6) is 5.75 Å². The predicted octanol–water partition coefficient (Wildman–Crippen LogP) is 2.48. The first-order valence-corrected chi connectivity index (χ1v) is 10.1. The molecule has 2 amide bonds. The third-order valence-electron chi connectivity index (χ3n) is 3.83. The van der Waals surface area contributed by atoms with Crippen LogP contribution in [0.1, 0.15) is 16.7 Å². The summed E-state index contributed by atoms with van der Waals surface area (Å²) in [5.41, 5.74) is 2.69. The molecule has 0 aliphatic carbocycles. The molecule has 0 spiro atoms. The van der Waals surface area contributed by atoms with Crippen LogP contribution in [-0.4, -0.2) is 27.7 Å². The SMILES string of the molecule is Cc1cc(OCNC(=O)NCCc2ccc(S(N)(=O)=O)cc2)cc(C)c1Cl. The first kappa shape index (κ1) is 21.0. The van der Waals surface area contributed by atoms with Gasteiger partial charge in [-0.15, -0.1) is 0 Å². The van der Waals surface area contributed by atoms with Gasteiger partial charge in [0.15, 0.2) is 6.73 Å². The molecule has 2 aromatic rings. The van der Waals surface area contributed by atoms with Crippen LogP contribution in [0.25, 0.3) is 0 Å². The Kier molecular flexibility index (Phi) is 7.06. The van der Waals surface area contributed by atoms with E-state index in [1.165, 1.54) is 12.1 Å². The van der Waals surface area contributed by atoms with Crippen LogP contribution < -0.4 is 20.5 Å². The fourth-order valence-electron chi connectivity index (χ4n) is 2.40.